The molecule has 0 saturated carbocycles. The maximum Gasteiger partial charge on any atom is 0.418 e. The number of nitrogens with two attached hydrogens (primary N) is 2. The first-order chi connectivity index (χ1) is 13.9. The van der Waals surface area contributed by atoms with Crippen LogP contribution >= 0.6 is 0 Å². The summed E-state index contributed by atoms with van der Waals surface area (Å²) in [5, 5.41) is 0. The Morgan fingerprint density at radius 3 is 1.07 bits per heavy atom. The van der Waals surface area contributed by atoms with Crippen molar-refractivity contribution in [1.29, 1.82) is 0 Å². The molecule has 3 aromatic carbocycles. The minimum Gasteiger partial charge on any atom is -0.457 e. The molecule has 3 aromatic rings. The van der Waals surface area contributed by atoms with Crippen LogP contribution in [0.15, 0.2) is 60.7 Å². The van der Waals surface area contributed by atoms with Crippen molar-refractivity contribution >= 4 is 11.4 Å². The van der Waals surface area contributed by atoms with E-state index in [4.69, 9.17) is 20.9 Å². The quantitative estimate of drug-likeness (QED) is 0.369. The molecule has 10 heteroatoms. The van der Waals surface area contributed by atoms with E-state index in [1.165, 1.54) is 24.3 Å². The molecule has 158 valence electrons. The van der Waals surface area contributed by atoms with Crippen LogP contribution in [0.25, 0.3) is 0 Å². The lowest BCUT2D eigenvalue weighted by Crippen LogP contribution is -2.08. The van der Waals surface area contributed by atoms with Crippen molar-refractivity contribution in [3.63, 3.8) is 0 Å². The van der Waals surface area contributed by atoms with E-state index in [1.807, 2.05) is 0 Å². The second-order valence-electron chi connectivity index (χ2n) is 6.17. The van der Waals surface area contributed by atoms with E-state index < -0.39 is 34.9 Å². The molecule has 0 radical (unpaired) electrons. The highest BCUT2D eigenvalue weighted by molar-refractivity contribution is 5.54. The maximum atomic E-state index is 12.7. The van der Waals surface area contributed by atoms with Gasteiger partial charge in [0.25, 0.3) is 0 Å². The van der Waals surface area contributed by atoms with Gasteiger partial charge in [0, 0.05) is 23.5 Å². The van der Waals surface area contributed by atoms with Crippen LogP contribution in [0.5, 0.6) is 23.0 Å². The molecule has 0 aliphatic rings. The monoisotopic (exact) mass is 428 g/mol. The van der Waals surface area contributed by atoms with Gasteiger partial charge in [-0.2, -0.15) is 26.3 Å². The summed E-state index contributed by atoms with van der Waals surface area (Å²) < 4.78 is 87.3. The van der Waals surface area contributed by atoms with Crippen molar-refractivity contribution in [3.8, 4) is 23.0 Å². The zero-order valence-corrected chi connectivity index (χ0v) is 15.0. The third-order valence-electron chi connectivity index (χ3n) is 3.95. The van der Waals surface area contributed by atoms with Crippen molar-refractivity contribution in [2.45, 2.75) is 12.4 Å². The van der Waals surface area contributed by atoms with Gasteiger partial charge in [0.05, 0.1) is 11.1 Å². The van der Waals surface area contributed by atoms with E-state index >= 15 is 0 Å². The largest absolute Gasteiger partial charge is 0.457 e. The molecule has 4 N–H and O–H groups in total. The van der Waals surface area contributed by atoms with Crippen LogP contribution in [0.3, 0.4) is 0 Å². The molecule has 0 fully saturated rings. The van der Waals surface area contributed by atoms with Gasteiger partial charge >= 0.3 is 12.4 Å². The van der Waals surface area contributed by atoms with Crippen LogP contribution in [-0.2, 0) is 12.4 Å². The molecule has 0 bridgehead atoms. The highest BCUT2D eigenvalue weighted by Gasteiger charge is 2.33. The molecule has 0 aromatic heterocycles. The first-order valence-corrected chi connectivity index (χ1v) is 8.33. The number of hydrogen-bond donors (Lipinski definition) is 2. The summed E-state index contributed by atoms with van der Waals surface area (Å²) in [6.07, 6.45) is -9.13. The fraction of sp³-hybridized carbons (Fsp3) is 0.100. The van der Waals surface area contributed by atoms with Crippen molar-refractivity contribution in [3.05, 3.63) is 71.8 Å². The van der Waals surface area contributed by atoms with E-state index in [-0.39, 0.29) is 23.0 Å². The fourth-order valence-electron chi connectivity index (χ4n) is 2.57. The SMILES string of the molecule is Nc1cc(Oc2ccc(Oc3ccc(C(F)(F)F)c(N)c3)cc2)ccc1C(F)(F)F. The van der Waals surface area contributed by atoms with Gasteiger partial charge in [-0.05, 0) is 48.5 Å². The predicted molar refractivity (Wildman–Crippen MR) is 98.3 cm³/mol. The van der Waals surface area contributed by atoms with E-state index in [0.717, 1.165) is 36.4 Å². The third kappa shape index (κ3) is 4.88. The Hall–Kier alpha value is -3.56. The number of ether oxygens (including phenoxy) is 2. The van der Waals surface area contributed by atoms with E-state index in [0.29, 0.717) is 0 Å². The van der Waals surface area contributed by atoms with E-state index in [2.05, 4.69) is 0 Å². The number of benzene rings is 3. The molecule has 4 nitrogen and oxygen atoms in total. The lowest BCUT2D eigenvalue weighted by atomic mass is 10.1. The Morgan fingerprint density at radius 1 is 0.500 bits per heavy atom. The van der Waals surface area contributed by atoms with Crippen LogP contribution in [0.2, 0.25) is 0 Å². The minimum atomic E-state index is -4.57. The third-order valence-corrected chi connectivity index (χ3v) is 3.95. The first-order valence-electron chi connectivity index (χ1n) is 8.33. The average Bonchev–Trinajstić information content (AvgIpc) is 2.61. The Kier molecular flexibility index (Phi) is 5.43. The summed E-state index contributed by atoms with van der Waals surface area (Å²) in [6.45, 7) is 0. The van der Waals surface area contributed by atoms with Crippen LogP contribution in [0, 0.1) is 0 Å². The van der Waals surface area contributed by atoms with Gasteiger partial charge in [-0.1, -0.05) is 0 Å². The summed E-state index contributed by atoms with van der Waals surface area (Å²) in [5.74, 6) is 0.774. The summed E-state index contributed by atoms with van der Waals surface area (Å²) in [5.41, 5.74) is 7.97. The molecular formula is C20H14F6N2O2. The molecule has 0 unspecified atom stereocenters. The lowest BCUT2D eigenvalue weighted by molar-refractivity contribution is -0.137. The summed E-state index contributed by atoms with van der Waals surface area (Å²) >= 11 is 0. The van der Waals surface area contributed by atoms with Gasteiger partial charge in [-0.15, -0.1) is 0 Å². The molecule has 0 aliphatic carbocycles. The van der Waals surface area contributed by atoms with Gasteiger partial charge in [-0.25, -0.2) is 0 Å². The van der Waals surface area contributed by atoms with Gasteiger partial charge < -0.3 is 20.9 Å². The van der Waals surface area contributed by atoms with Crippen molar-refractivity contribution in [2.24, 2.45) is 0 Å². The Bertz CT molecular complexity index is 962. The highest BCUT2D eigenvalue weighted by atomic mass is 19.4. The second-order valence-corrected chi connectivity index (χ2v) is 6.17. The first kappa shape index (κ1) is 21.2. The van der Waals surface area contributed by atoms with Crippen LogP contribution in [0.4, 0.5) is 37.7 Å². The minimum absolute atomic E-state index is 0.102. The lowest BCUT2D eigenvalue weighted by Gasteiger charge is -2.13. The Labute approximate surface area is 166 Å². The normalized spacial score (nSPS) is 11.9. The number of halogens is 6. The molecular weight excluding hydrogens is 414 g/mol. The topological polar surface area (TPSA) is 70.5 Å². The standard InChI is InChI=1S/C20H14F6N2O2/c21-19(22,23)15-7-5-13(9-17(15)27)29-11-1-2-12(4-3-11)30-14-6-8-16(18(28)10-14)20(24,25)26/h1-10H,27-28H2. The maximum absolute atomic E-state index is 12.7. The summed E-state index contributed by atoms with van der Waals surface area (Å²) in [4.78, 5) is 0. The smallest absolute Gasteiger partial charge is 0.418 e. The van der Waals surface area contributed by atoms with E-state index in [9.17, 15) is 26.3 Å². The van der Waals surface area contributed by atoms with E-state index in [1.54, 1.807) is 0 Å². The van der Waals surface area contributed by atoms with Crippen molar-refractivity contribution < 1.29 is 35.8 Å². The second kappa shape index (κ2) is 7.69. The Balaban J connectivity index is 1.70. The number of rotatable bonds is 4. The van der Waals surface area contributed by atoms with Crippen LogP contribution in [0.1, 0.15) is 11.1 Å². The molecule has 3 rings (SSSR count). The van der Waals surface area contributed by atoms with Gasteiger partial charge in [0.1, 0.15) is 23.0 Å². The number of hydrogen-bond acceptors (Lipinski definition) is 4. The summed E-state index contributed by atoms with van der Waals surface area (Å²) in [7, 11) is 0. The number of nitrogen functional groups attached to an aromatic ring is 2. The molecule has 0 aliphatic heterocycles. The van der Waals surface area contributed by atoms with Crippen molar-refractivity contribution in [2.75, 3.05) is 11.5 Å². The molecule has 0 atom stereocenters. The number of alkyl halides is 6. The van der Waals surface area contributed by atoms with Gasteiger partial charge in [-0.3, -0.25) is 0 Å². The predicted octanol–water partition coefficient (Wildman–Crippen LogP) is 6.47. The number of anilines is 2. The zero-order chi connectivity index (χ0) is 22.1. The van der Waals surface area contributed by atoms with Crippen molar-refractivity contribution in [1.82, 2.24) is 0 Å². The molecule has 0 spiro atoms. The van der Waals surface area contributed by atoms with Crippen LogP contribution in [-0.4, -0.2) is 0 Å². The van der Waals surface area contributed by atoms with Gasteiger partial charge in [0.2, 0.25) is 0 Å². The zero-order valence-electron chi connectivity index (χ0n) is 15.0. The molecule has 30 heavy (non-hydrogen) atoms. The Morgan fingerprint density at radius 2 is 0.800 bits per heavy atom. The van der Waals surface area contributed by atoms with Gasteiger partial charge in [0.15, 0.2) is 0 Å². The van der Waals surface area contributed by atoms with Crippen LogP contribution < -0.4 is 20.9 Å². The molecule has 0 saturated heterocycles. The highest BCUT2D eigenvalue weighted by Crippen LogP contribution is 2.38. The molecule has 0 amide bonds. The fourth-order valence-corrected chi connectivity index (χ4v) is 2.57. The average molecular weight is 428 g/mol. The molecule has 0 heterocycles. The summed E-state index contributed by atoms with van der Waals surface area (Å²) in [6, 6.07) is 11.9.